The first-order valence-electron chi connectivity index (χ1n) is 6.11. The second-order valence-electron chi connectivity index (χ2n) is 3.60. The van der Waals surface area contributed by atoms with Gasteiger partial charge in [0.15, 0.2) is 5.16 Å². The van der Waals surface area contributed by atoms with Crippen LogP contribution in [-0.2, 0) is 4.74 Å². The van der Waals surface area contributed by atoms with Crippen molar-refractivity contribution in [3.8, 4) is 0 Å². The minimum atomic E-state index is 0.798. The molecular formula is C12H21N3OS. The van der Waals surface area contributed by atoms with Gasteiger partial charge in [0.05, 0.1) is 6.61 Å². The zero-order chi connectivity index (χ0) is 12.2. The number of nitrogens with zero attached hydrogens (tertiary/aromatic N) is 2. The van der Waals surface area contributed by atoms with Crippen LogP contribution < -0.4 is 5.32 Å². The average molecular weight is 255 g/mol. The number of unbranched alkanes of at least 4 members (excludes halogenated alkanes) is 1. The Morgan fingerprint density at radius 1 is 1.24 bits per heavy atom. The molecule has 0 atom stereocenters. The van der Waals surface area contributed by atoms with Crippen LogP contribution in [0, 0.1) is 0 Å². The van der Waals surface area contributed by atoms with Gasteiger partial charge in [-0.05, 0) is 12.5 Å². The van der Waals surface area contributed by atoms with Crippen molar-refractivity contribution in [2.45, 2.75) is 24.9 Å². The van der Waals surface area contributed by atoms with Crippen LogP contribution in [0.2, 0.25) is 0 Å². The Morgan fingerprint density at radius 3 is 2.82 bits per heavy atom. The van der Waals surface area contributed by atoms with Crippen LogP contribution in [-0.4, -0.2) is 42.0 Å². The number of aromatic nitrogens is 2. The first-order valence-corrected chi connectivity index (χ1v) is 7.10. The highest BCUT2D eigenvalue weighted by atomic mass is 32.2. The normalized spacial score (nSPS) is 10.6. The summed E-state index contributed by atoms with van der Waals surface area (Å²) in [6, 6.07) is 1.83. The lowest BCUT2D eigenvalue weighted by molar-refractivity contribution is 0.133. The van der Waals surface area contributed by atoms with E-state index in [1.54, 1.807) is 24.2 Å². The van der Waals surface area contributed by atoms with Crippen LogP contribution in [0.25, 0.3) is 0 Å². The fourth-order valence-corrected chi connectivity index (χ4v) is 1.89. The van der Waals surface area contributed by atoms with Gasteiger partial charge in [0.25, 0.3) is 0 Å². The molecule has 0 spiro atoms. The zero-order valence-electron chi connectivity index (χ0n) is 10.4. The summed E-state index contributed by atoms with van der Waals surface area (Å²) in [6.45, 7) is 5.72. The molecule has 5 heteroatoms. The summed E-state index contributed by atoms with van der Waals surface area (Å²) in [7, 11) is 0. The van der Waals surface area contributed by atoms with Gasteiger partial charge in [-0.15, -0.1) is 0 Å². The third-order valence-corrected chi connectivity index (χ3v) is 2.99. The van der Waals surface area contributed by atoms with Crippen molar-refractivity contribution in [3.63, 3.8) is 0 Å². The molecule has 0 saturated carbocycles. The standard InChI is InChI=1S/C12H21N3OS/c1-2-3-9-16-10-7-13-8-11-17-12-14-5-4-6-15-12/h4-6,13H,2-3,7-11H2,1H3. The van der Waals surface area contributed by atoms with E-state index in [1.165, 1.54) is 6.42 Å². The van der Waals surface area contributed by atoms with Gasteiger partial charge in [-0.3, -0.25) is 0 Å². The quantitative estimate of drug-likeness (QED) is 0.393. The topological polar surface area (TPSA) is 47.0 Å². The van der Waals surface area contributed by atoms with E-state index in [-0.39, 0.29) is 0 Å². The maximum atomic E-state index is 5.44. The predicted octanol–water partition coefficient (Wildman–Crippen LogP) is 1.98. The van der Waals surface area contributed by atoms with E-state index in [0.29, 0.717) is 0 Å². The van der Waals surface area contributed by atoms with Gasteiger partial charge >= 0.3 is 0 Å². The molecule has 0 aliphatic rings. The second-order valence-corrected chi connectivity index (χ2v) is 4.66. The lowest BCUT2D eigenvalue weighted by atomic mass is 10.4. The van der Waals surface area contributed by atoms with E-state index in [2.05, 4.69) is 22.2 Å². The Hall–Kier alpha value is -0.650. The minimum Gasteiger partial charge on any atom is -0.380 e. The summed E-state index contributed by atoms with van der Waals surface area (Å²) in [5.74, 6) is 0.985. The molecule has 96 valence electrons. The molecule has 4 nitrogen and oxygen atoms in total. The SMILES string of the molecule is CCCCOCCNCCSc1ncccn1. The van der Waals surface area contributed by atoms with Gasteiger partial charge < -0.3 is 10.1 Å². The Morgan fingerprint density at radius 2 is 2.06 bits per heavy atom. The van der Waals surface area contributed by atoms with Crippen LogP contribution in [0.15, 0.2) is 23.6 Å². The van der Waals surface area contributed by atoms with Crippen LogP contribution in [0.4, 0.5) is 0 Å². The summed E-state index contributed by atoms with van der Waals surface area (Å²) in [5.41, 5.74) is 0. The van der Waals surface area contributed by atoms with E-state index in [0.717, 1.165) is 43.6 Å². The molecule has 0 saturated heterocycles. The van der Waals surface area contributed by atoms with Gasteiger partial charge in [0, 0.05) is 37.8 Å². The molecular weight excluding hydrogens is 234 g/mol. The predicted molar refractivity (Wildman–Crippen MR) is 71.4 cm³/mol. The fourth-order valence-electron chi connectivity index (χ4n) is 1.19. The maximum Gasteiger partial charge on any atom is 0.187 e. The summed E-state index contributed by atoms with van der Waals surface area (Å²) in [4.78, 5) is 8.29. The van der Waals surface area contributed by atoms with Crippen molar-refractivity contribution >= 4 is 11.8 Å². The zero-order valence-corrected chi connectivity index (χ0v) is 11.2. The minimum absolute atomic E-state index is 0.798. The highest BCUT2D eigenvalue weighted by Gasteiger charge is 1.95. The Balaban J connectivity index is 1.85. The van der Waals surface area contributed by atoms with Crippen molar-refractivity contribution in [2.24, 2.45) is 0 Å². The van der Waals surface area contributed by atoms with E-state index in [1.807, 2.05) is 6.07 Å². The Labute approximate surface area is 108 Å². The van der Waals surface area contributed by atoms with E-state index >= 15 is 0 Å². The average Bonchev–Trinajstić information content (AvgIpc) is 2.38. The molecule has 0 aliphatic carbocycles. The lowest BCUT2D eigenvalue weighted by Crippen LogP contribution is -2.22. The van der Waals surface area contributed by atoms with E-state index in [9.17, 15) is 0 Å². The molecule has 0 aromatic carbocycles. The second kappa shape index (κ2) is 10.5. The molecule has 1 aromatic heterocycles. The number of hydrogen-bond donors (Lipinski definition) is 1. The summed E-state index contributed by atoms with van der Waals surface area (Å²) < 4.78 is 5.44. The van der Waals surface area contributed by atoms with Crippen LogP contribution in [0.3, 0.4) is 0 Å². The van der Waals surface area contributed by atoms with Crippen molar-refractivity contribution in [1.29, 1.82) is 0 Å². The van der Waals surface area contributed by atoms with Crippen molar-refractivity contribution in [3.05, 3.63) is 18.5 Å². The molecule has 1 aromatic rings. The largest absolute Gasteiger partial charge is 0.380 e. The van der Waals surface area contributed by atoms with Crippen molar-refractivity contribution in [1.82, 2.24) is 15.3 Å². The molecule has 17 heavy (non-hydrogen) atoms. The molecule has 1 heterocycles. The molecule has 0 amide bonds. The molecule has 0 aliphatic heterocycles. The Bertz CT molecular complexity index is 272. The fraction of sp³-hybridized carbons (Fsp3) is 0.667. The Kier molecular flexibility index (Phi) is 8.90. The molecule has 0 fully saturated rings. The van der Waals surface area contributed by atoms with Gasteiger partial charge in [0.1, 0.15) is 0 Å². The molecule has 0 unspecified atom stereocenters. The molecule has 0 bridgehead atoms. The van der Waals surface area contributed by atoms with E-state index in [4.69, 9.17) is 4.74 Å². The van der Waals surface area contributed by atoms with E-state index < -0.39 is 0 Å². The smallest absolute Gasteiger partial charge is 0.187 e. The van der Waals surface area contributed by atoms with Gasteiger partial charge in [-0.25, -0.2) is 9.97 Å². The van der Waals surface area contributed by atoms with Gasteiger partial charge in [-0.1, -0.05) is 25.1 Å². The van der Waals surface area contributed by atoms with Crippen molar-refractivity contribution in [2.75, 3.05) is 32.1 Å². The van der Waals surface area contributed by atoms with Crippen LogP contribution in [0.1, 0.15) is 19.8 Å². The van der Waals surface area contributed by atoms with Gasteiger partial charge in [0.2, 0.25) is 0 Å². The number of rotatable bonds is 10. The first-order chi connectivity index (χ1) is 8.43. The molecule has 1 N–H and O–H groups in total. The lowest BCUT2D eigenvalue weighted by Gasteiger charge is -2.05. The summed E-state index contributed by atoms with van der Waals surface area (Å²) >= 11 is 1.67. The summed E-state index contributed by atoms with van der Waals surface area (Å²) in [6.07, 6.45) is 5.89. The third-order valence-electron chi connectivity index (χ3n) is 2.12. The monoisotopic (exact) mass is 255 g/mol. The van der Waals surface area contributed by atoms with Crippen LogP contribution >= 0.6 is 11.8 Å². The van der Waals surface area contributed by atoms with Gasteiger partial charge in [-0.2, -0.15) is 0 Å². The van der Waals surface area contributed by atoms with Crippen LogP contribution in [0.5, 0.6) is 0 Å². The van der Waals surface area contributed by atoms with Crippen molar-refractivity contribution < 1.29 is 4.74 Å². The highest BCUT2D eigenvalue weighted by Crippen LogP contribution is 2.08. The first kappa shape index (κ1) is 14.4. The third kappa shape index (κ3) is 8.12. The molecule has 0 radical (unpaired) electrons. The number of hydrogen-bond acceptors (Lipinski definition) is 5. The number of thioether (sulfide) groups is 1. The summed E-state index contributed by atoms with van der Waals surface area (Å²) in [5, 5.41) is 4.17. The molecule has 1 rings (SSSR count). The maximum absolute atomic E-state index is 5.44. The number of ether oxygens (including phenoxy) is 1. The highest BCUT2D eigenvalue weighted by molar-refractivity contribution is 7.99. The number of nitrogens with one attached hydrogen (secondary N) is 1.